The Bertz CT molecular complexity index is 1150. The molecule has 28 heavy (non-hydrogen) atoms. The van der Waals surface area contributed by atoms with Gasteiger partial charge in [0.15, 0.2) is 17.3 Å². The van der Waals surface area contributed by atoms with Gasteiger partial charge >= 0.3 is 0 Å². The zero-order valence-corrected chi connectivity index (χ0v) is 16.3. The molecule has 0 spiro atoms. The second-order valence-electron chi connectivity index (χ2n) is 6.24. The van der Waals surface area contributed by atoms with Gasteiger partial charge in [0.05, 0.1) is 9.72 Å². The minimum Gasteiger partial charge on any atom is -0.486 e. The fourth-order valence-corrected chi connectivity index (χ4v) is 4.12. The summed E-state index contributed by atoms with van der Waals surface area (Å²) in [5.74, 6) is 2.90. The van der Waals surface area contributed by atoms with Crippen molar-refractivity contribution in [2.45, 2.75) is 6.54 Å². The third kappa shape index (κ3) is 3.34. The summed E-state index contributed by atoms with van der Waals surface area (Å²) < 4.78 is 11.9. The predicted octanol–water partition coefficient (Wildman–Crippen LogP) is 4.79. The second kappa shape index (κ2) is 7.26. The standard InChI is InChI=1S/C20H15ClN4O2S/c21-17-9-14-19(23-10-12-3-4-15-16(8-12)27-7-6-26-15)24-18(25-20(14)28-17)13-2-1-5-22-11-13/h1-5,8-9,11H,6-7,10H2,(H,23,24,25). The van der Waals surface area contributed by atoms with Crippen LogP contribution in [0.2, 0.25) is 4.34 Å². The number of ether oxygens (including phenoxy) is 2. The molecular weight excluding hydrogens is 396 g/mol. The predicted molar refractivity (Wildman–Crippen MR) is 110 cm³/mol. The molecule has 0 aliphatic carbocycles. The van der Waals surface area contributed by atoms with Crippen molar-refractivity contribution in [1.29, 1.82) is 0 Å². The monoisotopic (exact) mass is 410 g/mol. The quantitative estimate of drug-likeness (QED) is 0.521. The highest BCUT2D eigenvalue weighted by atomic mass is 35.5. The molecule has 6 nitrogen and oxygen atoms in total. The van der Waals surface area contributed by atoms with E-state index in [4.69, 9.17) is 26.1 Å². The third-order valence-corrected chi connectivity index (χ3v) is 5.51. The van der Waals surface area contributed by atoms with E-state index in [1.54, 1.807) is 12.4 Å². The highest BCUT2D eigenvalue weighted by molar-refractivity contribution is 7.22. The zero-order valence-electron chi connectivity index (χ0n) is 14.7. The lowest BCUT2D eigenvalue weighted by Gasteiger charge is -2.19. The molecule has 4 aromatic rings. The van der Waals surface area contributed by atoms with Crippen molar-refractivity contribution in [3.8, 4) is 22.9 Å². The maximum absolute atomic E-state index is 6.23. The fourth-order valence-electron chi connectivity index (χ4n) is 3.03. The molecule has 140 valence electrons. The molecule has 0 radical (unpaired) electrons. The van der Waals surface area contributed by atoms with Crippen molar-refractivity contribution in [2.24, 2.45) is 0 Å². The molecule has 0 atom stereocenters. The van der Waals surface area contributed by atoms with Gasteiger partial charge < -0.3 is 14.8 Å². The molecule has 1 N–H and O–H groups in total. The highest BCUT2D eigenvalue weighted by Crippen LogP contribution is 2.35. The summed E-state index contributed by atoms with van der Waals surface area (Å²) in [6, 6.07) is 11.6. The van der Waals surface area contributed by atoms with Crippen LogP contribution in [0.5, 0.6) is 11.5 Å². The molecule has 1 aromatic carbocycles. The Morgan fingerprint density at radius 3 is 2.82 bits per heavy atom. The SMILES string of the molecule is Clc1cc2c(NCc3ccc4c(c3)OCCO4)nc(-c3cccnc3)nc2s1. The topological polar surface area (TPSA) is 69.2 Å². The molecule has 0 unspecified atom stereocenters. The first kappa shape index (κ1) is 17.2. The minimum absolute atomic E-state index is 0.568. The van der Waals surface area contributed by atoms with E-state index in [1.165, 1.54) is 11.3 Å². The van der Waals surface area contributed by atoms with Gasteiger partial charge in [-0.3, -0.25) is 4.98 Å². The molecule has 1 aliphatic heterocycles. The molecule has 3 aromatic heterocycles. The molecule has 5 rings (SSSR count). The van der Waals surface area contributed by atoms with Crippen LogP contribution in [0.25, 0.3) is 21.6 Å². The van der Waals surface area contributed by atoms with E-state index < -0.39 is 0 Å². The van der Waals surface area contributed by atoms with Gasteiger partial charge in [-0.05, 0) is 35.9 Å². The van der Waals surface area contributed by atoms with Gasteiger partial charge in [-0.1, -0.05) is 17.7 Å². The lowest BCUT2D eigenvalue weighted by Crippen LogP contribution is -2.15. The van der Waals surface area contributed by atoms with Crippen molar-refractivity contribution in [1.82, 2.24) is 15.0 Å². The number of halogens is 1. The smallest absolute Gasteiger partial charge is 0.164 e. The number of hydrogen-bond acceptors (Lipinski definition) is 7. The number of anilines is 1. The number of hydrogen-bond donors (Lipinski definition) is 1. The lowest BCUT2D eigenvalue weighted by atomic mass is 10.2. The number of thiophene rings is 1. The molecule has 0 saturated carbocycles. The van der Waals surface area contributed by atoms with Gasteiger partial charge in [-0.25, -0.2) is 9.97 Å². The van der Waals surface area contributed by atoms with Gasteiger partial charge in [-0.15, -0.1) is 11.3 Å². The van der Waals surface area contributed by atoms with Crippen molar-refractivity contribution in [3.05, 3.63) is 58.7 Å². The molecule has 0 fully saturated rings. The van der Waals surface area contributed by atoms with Gasteiger partial charge in [-0.2, -0.15) is 0 Å². The van der Waals surface area contributed by atoms with Gasteiger partial charge in [0.1, 0.15) is 23.9 Å². The largest absolute Gasteiger partial charge is 0.486 e. The first-order valence-electron chi connectivity index (χ1n) is 8.76. The zero-order chi connectivity index (χ0) is 18.9. The summed E-state index contributed by atoms with van der Waals surface area (Å²) in [4.78, 5) is 14.4. The van der Waals surface area contributed by atoms with Crippen LogP contribution in [0.1, 0.15) is 5.56 Å². The Kier molecular flexibility index (Phi) is 4.46. The summed E-state index contributed by atoms with van der Waals surface area (Å²) in [6.45, 7) is 1.74. The highest BCUT2D eigenvalue weighted by Gasteiger charge is 2.14. The van der Waals surface area contributed by atoms with Crippen molar-refractivity contribution in [2.75, 3.05) is 18.5 Å². The first-order valence-corrected chi connectivity index (χ1v) is 9.95. The lowest BCUT2D eigenvalue weighted by molar-refractivity contribution is 0.171. The van der Waals surface area contributed by atoms with E-state index >= 15 is 0 Å². The van der Waals surface area contributed by atoms with E-state index in [1.807, 2.05) is 36.4 Å². The first-order chi connectivity index (χ1) is 13.8. The third-order valence-electron chi connectivity index (χ3n) is 4.35. The Morgan fingerprint density at radius 2 is 1.96 bits per heavy atom. The molecule has 0 amide bonds. The van der Waals surface area contributed by atoms with E-state index in [2.05, 4.69) is 15.3 Å². The van der Waals surface area contributed by atoms with Crippen LogP contribution in [-0.2, 0) is 6.54 Å². The van der Waals surface area contributed by atoms with Crippen molar-refractivity contribution in [3.63, 3.8) is 0 Å². The Labute approximate surface area is 170 Å². The van der Waals surface area contributed by atoms with E-state index in [9.17, 15) is 0 Å². The molecule has 0 bridgehead atoms. The Morgan fingerprint density at radius 1 is 1.07 bits per heavy atom. The molecule has 8 heteroatoms. The summed E-state index contributed by atoms with van der Waals surface area (Å²) in [7, 11) is 0. The van der Waals surface area contributed by atoms with E-state index in [0.717, 1.165) is 38.7 Å². The number of fused-ring (bicyclic) bond motifs is 2. The Balaban J connectivity index is 1.48. The van der Waals surface area contributed by atoms with Crippen LogP contribution < -0.4 is 14.8 Å². The van der Waals surface area contributed by atoms with Gasteiger partial charge in [0.25, 0.3) is 0 Å². The Hall–Kier alpha value is -2.90. The number of rotatable bonds is 4. The summed E-state index contributed by atoms with van der Waals surface area (Å²) in [5, 5.41) is 4.32. The van der Waals surface area contributed by atoms with Crippen LogP contribution in [0.15, 0.2) is 48.8 Å². The maximum atomic E-state index is 6.23. The van der Waals surface area contributed by atoms with Crippen LogP contribution in [0.4, 0.5) is 5.82 Å². The molecular formula is C20H15ClN4O2S. The number of nitrogens with zero attached hydrogens (tertiary/aromatic N) is 3. The number of nitrogens with one attached hydrogen (secondary N) is 1. The minimum atomic E-state index is 0.568. The molecule has 0 saturated heterocycles. The number of pyridine rings is 1. The van der Waals surface area contributed by atoms with Gasteiger partial charge in [0, 0.05) is 24.5 Å². The summed E-state index contributed by atoms with van der Waals surface area (Å²) in [5.41, 5.74) is 1.93. The van der Waals surface area contributed by atoms with E-state index in [0.29, 0.717) is 29.9 Å². The molecule has 4 heterocycles. The van der Waals surface area contributed by atoms with Gasteiger partial charge in [0.2, 0.25) is 0 Å². The second-order valence-corrected chi connectivity index (χ2v) is 7.90. The summed E-state index contributed by atoms with van der Waals surface area (Å²) in [6.07, 6.45) is 3.48. The average Bonchev–Trinajstić information content (AvgIpc) is 3.12. The fraction of sp³-hybridized carbons (Fsp3) is 0.150. The van der Waals surface area contributed by atoms with E-state index in [-0.39, 0.29) is 0 Å². The molecule has 1 aliphatic rings. The maximum Gasteiger partial charge on any atom is 0.164 e. The van der Waals surface area contributed by atoms with Crippen LogP contribution >= 0.6 is 22.9 Å². The number of aromatic nitrogens is 3. The van der Waals surface area contributed by atoms with Crippen molar-refractivity contribution >= 4 is 39.0 Å². The van der Waals surface area contributed by atoms with Crippen LogP contribution in [-0.4, -0.2) is 28.2 Å². The van der Waals surface area contributed by atoms with Crippen molar-refractivity contribution < 1.29 is 9.47 Å². The average molecular weight is 411 g/mol. The van der Waals surface area contributed by atoms with Crippen LogP contribution in [0.3, 0.4) is 0 Å². The normalized spacial score (nSPS) is 12.9. The summed E-state index contributed by atoms with van der Waals surface area (Å²) >= 11 is 7.66. The number of benzene rings is 1. The van der Waals surface area contributed by atoms with Crippen LogP contribution in [0, 0.1) is 0 Å².